The second-order valence-corrected chi connectivity index (χ2v) is 9.51. The van der Waals surface area contributed by atoms with Gasteiger partial charge in [0, 0.05) is 32.1 Å². The summed E-state index contributed by atoms with van der Waals surface area (Å²) in [6, 6.07) is 1.78. The SMILES string of the molecule is Cc1csc(S(=O)(=O)N2CCCC[C@H]2CCN2CCCC2=O)c1. The molecule has 23 heavy (non-hydrogen) atoms. The highest BCUT2D eigenvalue weighted by Gasteiger charge is 2.34. The van der Waals surface area contributed by atoms with Gasteiger partial charge in [0.1, 0.15) is 4.21 Å². The highest BCUT2D eigenvalue weighted by molar-refractivity contribution is 7.91. The number of nitrogens with zero attached hydrogens (tertiary/aromatic N) is 2. The Morgan fingerprint density at radius 3 is 2.74 bits per heavy atom. The first kappa shape index (κ1) is 16.9. The van der Waals surface area contributed by atoms with Gasteiger partial charge in [-0.25, -0.2) is 8.42 Å². The van der Waals surface area contributed by atoms with Gasteiger partial charge in [0.05, 0.1) is 0 Å². The zero-order valence-corrected chi connectivity index (χ0v) is 15.2. The molecule has 1 amide bonds. The number of thiophene rings is 1. The van der Waals surface area contributed by atoms with Crippen LogP contribution in [0.3, 0.4) is 0 Å². The number of piperidine rings is 1. The second-order valence-electron chi connectivity index (χ2n) is 6.48. The van der Waals surface area contributed by atoms with Gasteiger partial charge >= 0.3 is 0 Å². The average molecular weight is 357 g/mol. The molecule has 0 unspecified atom stereocenters. The summed E-state index contributed by atoms with van der Waals surface area (Å²) in [5.41, 5.74) is 0.991. The number of carbonyl (C=O) groups excluding carboxylic acids is 1. The third-order valence-electron chi connectivity index (χ3n) is 4.75. The molecule has 2 fully saturated rings. The molecule has 5 nitrogen and oxygen atoms in total. The molecular formula is C16H24N2O3S2. The summed E-state index contributed by atoms with van der Waals surface area (Å²) in [4.78, 5) is 13.6. The van der Waals surface area contributed by atoms with Crippen LogP contribution in [0.15, 0.2) is 15.7 Å². The molecule has 2 aliphatic rings. The van der Waals surface area contributed by atoms with E-state index >= 15 is 0 Å². The van der Waals surface area contributed by atoms with E-state index < -0.39 is 10.0 Å². The Hall–Kier alpha value is -0.920. The largest absolute Gasteiger partial charge is 0.343 e. The number of likely N-dealkylation sites (tertiary alicyclic amines) is 1. The molecule has 0 aliphatic carbocycles. The van der Waals surface area contributed by atoms with Crippen LogP contribution in [0.25, 0.3) is 0 Å². The Balaban J connectivity index is 1.72. The molecule has 2 saturated heterocycles. The zero-order chi connectivity index (χ0) is 16.4. The Labute approximate surface area is 142 Å². The van der Waals surface area contributed by atoms with Crippen molar-refractivity contribution >= 4 is 27.3 Å². The number of hydrogen-bond donors (Lipinski definition) is 0. The van der Waals surface area contributed by atoms with Crippen LogP contribution in [0, 0.1) is 6.92 Å². The maximum Gasteiger partial charge on any atom is 0.252 e. The Morgan fingerprint density at radius 1 is 1.26 bits per heavy atom. The topological polar surface area (TPSA) is 57.7 Å². The third-order valence-corrected chi connectivity index (χ3v) is 8.23. The smallest absolute Gasteiger partial charge is 0.252 e. The number of aryl methyl sites for hydroxylation is 1. The van der Waals surface area contributed by atoms with Crippen LogP contribution in [0.5, 0.6) is 0 Å². The fourth-order valence-corrected chi connectivity index (χ4v) is 6.56. The Bertz CT molecular complexity index is 669. The van der Waals surface area contributed by atoms with Crippen molar-refractivity contribution in [2.45, 2.75) is 55.7 Å². The lowest BCUT2D eigenvalue weighted by molar-refractivity contribution is -0.127. The minimum Gasteiger partial charge on any atom is -0.343 e. The van der Waals surface area contributed by atoms with E-state index in [0.717, 1.165) is 44.2 Å². The number of carbonyl (C=O) groups is 1. The van der Waals surface area contributed by atoms with Gasteiger partial charge in [0.15, 0.2) is 0 Å². The van der Waals surface area contributed by atoms with Crippen molar-refractivity contribution in [1.29, 1.82) is 0 Å². The van der Waals surface area contributed by atoms with Crippen molar-refractivity contribution in [1.82, 2.24) is 9.21 Å². The molecule has 0 radical (unpaired) electrons. The maximum absolute atomic E-state index is 12.9. The van der Waals surface area contributed by atoms with Crippen LogP contribution >= 0.6 is 11.3 Å². The molecule has 2 aliphatic heterocycles. The normalized spacial score (nSPS) is 23.6. The van der Waals surface area contributed by atoms with E-state index in [0.29, 0.717) is 23.7 Å². The molecule has 0 N–H and O–H groups in total. The summed E-state index contributed by atoms with van der Waals surface area (Å²) in [5.74, 6) is 0.212. The Kier molecular flexibility index (Phi) is 5.08. The molecule has 3 heterocycles. The van der Waals surface area contributed by atoms with Gasteiger partial charge < -0.3 is 4.90 Å². The van der Waals surface area contributed by atoms with E-state index in [1.165, 1.54) is 11.3 Å². The summed E-state index contributed by atoms with van der Waals surface area (Å²) in [5, 5.41) is 1.88. The van der Waals surface area contributed by atoms with Crippen LogP contribution in [0.4, 0.5) is 0 Å². The second kappa shape index (κ2) is 6.91. The van der Waals surface area contributed by atoms with Gasteiger partial charge in [-0.15, -0.1) is 11.3 Å². The van der Waals surface area contributed by atoms with Crippen LogP contribution in [0.2, 0.25) is 0 Å². The maximum atomic E-state index is 12.9. The lowest BCUT2D eigenvalue weighted by Gasteiger charge is -2.35. The highest BCUT2D eigenvalue weighted by atomic mass is 32.2. The molecule has 1 aromatic heterocycles. The molecule has 0 spiro atoms. The molecule has 7 heteroatoms. The minimum atomic E-state index is -3.40. The van der Waals surface area contributed by atoms with Crippen molar-refractivity contribution in [2.24, 2.45) is 0 Å². The van der Waals surface area contributed by atoms with Crippen molar-refractivity contribution in [3.63, 3.8) is 0 Å². The summed E-state index contributed by atoms with van der Waals surface area (Å²) < 4.78 is 28.0. The van der Waals surface area contributed by atoms with Gasteiger partial charge in [-0.3, -0.25) is 4.79 Å². The van der Waals surface area contributed by atoms with Gasteiger partial charge in [0.25, 0.3) is 10.0 Å². The highest BCUT2D eigenvalue weighted by Crippen LogP contribution is 2.30. The molecule has 1 atom stereocenters. The number of amides is 1. The fraction of sp³-hybridized carbons (Fsp3) is 0.688. The van der Waals surface area contributed by atoms with Crippen molar-refractivity contribution in [3.8, 4) is 0 Å². The average Bonchev–Trinajstić information content (AvgIpc) is 3.14. The van der Waals surface area contributed by atoms with Crippen LogP contribution < -0.4 is 0 Å². The summed E-state index contributed by atoms with van der Waals surface area (Å²) >= 11 is 1.30. The van der Waals surface area contributed by atoms with Crippen LogP contribution in [-0.4, -0.2) is 49.2 Å². The first-order chi connectivity index (χ1) is 11.0. The summed E-state index contributed by atoms with van der Waals surface area (Å²) in [7, 11) is -3.40. The number of rotatable bonds is 5. The lowest BCUT2D eigenvalue weighted by atomic mass is 10.0. The molecule has 0 aromatic carbocycles. The predicted octanol–water partition coefficient (Wildman–Crippen LogP) is 2.61. The first-order valence-corrected chi connectivity index (χ1v) is 10.7. The summed E-state index contributed by atoms with van der Waals surface area (Å²) in [6.07, 6.45) is 5.19. The van der Waals surface area contributed by atoms with Gasteiger partial charge in [-0.05, 0) is 49.6 Å². The van der Waals surface area contributed by atoms with Crippen molar-refractivity contribution in [3.05, 3.63) is 17.0 Å². The molecular weight excluding hydrogens is 332 g/mol. The fourth-order valence-electron chi connectivity index (χ4n) is 3.48. The predicted molar refractivity (Wildman–Crippen MR) is 91.0 cm³/mol. The molecule has 1 aromatic rings. The van der Waals surface area contributed by atoms with E-state index in [9.17, 15) is 13.2 Å². The van der Waals surface area contributed by atoms with E-state index in [1.54, 1.807) is 10.4 Å². The number of hydrogen-bond acceptors (Lipinski definition) is 4. The number of sulfonamides is 1. The van der Waals surface area contributed by atoms with E-state index in [4.69, 9.17) is 0 Å². The lowest BCUT2D eigenvalue weighted by Crippen LogP contribution is -2.45. The first-order valence-electron chi connectivity index (χ1n) is 8.33. The third kappa shape index (κ3) is 3.61. The standard InChI is InChI=1S/C16H24N2O3S2/c1-13-11-16(22-12-13)23(20,21)18-9-3-2-5-14(18)7-10-17-8-4-6-15(17)19/h11-12,14H,2-10H2,1H3/t14-/m0/s1. The van der Waals surface area contributed by atoms with Gasteiger partial charge in [-0.1, -0.05) is 6.42 Å². The Morgan fingerprint density at radius 2 is 2.09 bits per heavy atom. The minimum absolute atomic E-state index is 0.0181. The van der Waals surface area contributed by atoms with Gasteiger partial charge in [-0.2, -0.15) is 4.31 Å². The van der Waals surface area contributed by atoms with Crippen molar-refractivity contribution in [2.75, 3.05) is 19.6 Å². The molecule has 0 saturated carbocycles. The van der Waals surface area contributed by atoms with E-state index in [1.807, 2.05) is 17.2 Å². The summed E-state index contributed by atoms with van der Waals surface area (Å²) in [6.45, 7) is 4.02. The van der Waals surface area contributed by atoms with Crippen LogP contribution in [-0.2, 0) is 14.8 Å². The molecule has 0 bridgehead atoms. The van der Waals surface area contributed by atoms with Crippen LogP contribution in [0.1, 0.15) is 44.1 Å². The quantitative estimate of drug-likeness (QED) is 0.815. The monoisotopic (exact) mass is 356 g/mol. The molecule has 128 valence electrons. The molecule has 3 rings (SSSR count). The van der Waals surface area contributed by atoms with E-state index in [-0.39, 0.29) is 11.9 Å². The van der Waals surface area contributed by atoms with E-state index in [2.05, 4.69) is 0 Å². The van der Waals surface area contributed by atoms with Gasteiger partial charge in [0.2, 0.25) is 5.91 Å². The van der Waals surface area contributed by atoms with Crippen molar-refractivity contribution < 1.29 is 13.2 Å². The zero-order valence-electron chi connectivity index (χ0n) is 13.5.